The Morgan fingerprint density at radius 1 is 1.19 bits per heavy atom. The SMILES string of the molecule is Cc1cc(Cn2nnn(C(C)c3ccc(F)cc3F)c2=O)ccc1[N+](=O)[O-]. The second-order valence-corrected chi connectivity index (χ2v) is 6.08. The minimum absolute atomic E-state index is 0.0184. The first-order chi connectivity index (χ1) is 12.8. The van der Waals surface area contributed by atoms with Gasteiger partial charge in [0.15, 0.2) is 0 Å². The van der Waals surface area contributed by atoms with E-state index in [2.05, 4.69) is 10.4 Å². The maximum absolute atomic E-state index is 14.0. The number of nitrogens with zero attached hydrogens (tertiary/aromatic N) is 5. The number of halogens is 2. The molecule has 3 aromatic rings. The molecule has 0 aliphatic carbocycles. The molecule has 1 aromatic heterocycles. The fraction of sp³-hybridized carbons (Fsp3) is 0.235. The normalized spacial score (nSPS) is 12.1. The zero-order chi connectivity index (χ0) is 19.7. The molecule has 0 aliphatic rings. The molecule has 1 heterocycles. The number of rotatable bonds is 5. The van der Waals surface area contributed by atoms with E-state index in [0.29, 0.717) is 11.1 Å². The second-order valence-electron chi connectivity index (χ2n) is 6.08. The molecule has 0 saturated carbocycles. The fourth-order valence-corrected chi connectivity index (χ4v) is 2.79. The lowest BCUT2D eigenvalue weighted by Gasteiger charge is -2.11. The van der Waals surface area contributed by atoms with Gasteiger partial charge in [-0.15, -0.1) is 0 Å². The molecule has 0 fully saturated rings. The number of nitro benzene ring substituents is 1. The highest BCUT2D eigenvalue weighted by molar-refractivity contribution is 5.41. The molecule has 0 aliphatic heterocycles. The van der Waals surface area contributed by atoms with Gasteiger partial charge in [0.1, 0.15) is 11.6 Å². The summed E-state index contributed by atoms with van der Waals surface area (Å²) in [5, 5.41) is 18.4. The molecule has 27 heavy (non-hydrogen) atoms. The fourth-order valence-electron chi connectivity index (χ4n) is 2.79. The Morgan fingerprint density at radius 2 is 1.93 bits per heavy atom. The molecule has 140 valence electrons. The summed E-state index contributed by atoms with van der Waals surface area (Å²) in [4.78, 5) is 22.9. The Morgan fingerprint density at radius 3 is 2.56 bits per heavy atom. The second kappa shape index (κ2) is 7.06. The number of tetrazole rings is 1. The third-order valence-electron chi connectivity index (χ3n) is 4.23. The van der Waals surface area contributed by atoms with Crippen LogP contribution in [0, 0.1) is 28.7 Å². The van der Waals surface area contributed by atoms with Gasteiger partial charge in [-0.3, -0.25) is 10.1 Å². The van der Waals surface area contributed by atoms with Crippen molar-refractivity contribution in [2.45, 2.75) is 26.4 Å². The molecular weight excluding hydrogens is 360 g/mol. The number of benzene rings is 2. The van der Waals surface area contributed by atoms with Crippen molar-refractivity contribution < 1.29 is 13.7 Å². The van der Waals surface area contributed by atoms with Crippen molar-refractivity contribution in [2.75, 3.05) is 0 Å². The number of hydrogen-bond acceptors (Lipinski definition) is 5. The summed E-state index contributed by atoms with van der Waals surface area (Å²) in [5.41, 5.74) is 0.599. The summed E-state index contributed by atoms with van der Waals surface area (Å²) in [6.07, 6.45) is 0. The van der Waals surface area contributed by atoms with Gasteiger partial charge < -0.3 is 0 Å². The van der Waals surface area contributed by atoms with Crippen LogP contribution in [0.1, 0.15) is 29.7 Å². The number of hydrogen-bond donors (Lipinski definition) is 0. The van der Waals surface area contributed by atoms with E-state index in [0.717, 1.165) is 21.5 Å². The molecule has 0 amide bonds. The highest BCUT2D eigenvalue weighted by Crippen LogP contribution is 2.20. The Kier molecular flexibility index (Phi) is 4.80. The monoisotopic (exact) mass is 375 g/mol. The van der Waals surface area contributed by atoms with Crippen LogP contribution >= 0.6 is 0 Å². The molecule has 8 nitrogen and oxygen atoms in total. The molecule has 0 saturated heterocycles. The molecule has 1 unspecified atom stereocenters. The lowest BCUT2D eigenvalue weighted by molar-refractivity contribution is -0.385. The Hall–Kier alpha value is -3.43. The Balaban J connectivity index is 1.88. The quantitative estimate of drug-likeness (QED) is 0.504. The third kappa shape index (κ3) is 3.59. The van der Waals surface area contributed by atoms with Crippen molar-refractivity contribution in [3.63, 3.8) is 0 Å². The zero-order valence-corrected chi connectivity index (χ0v) is 14.5. The summed E-state index contributed by atoms with van der Waals surface area (Å²) in [6, 6.07) is 6.78. The first kappa shape index (κ1) is 18.4. The molecule has 3 rings (SSSR count). The van der Waals surface area contributed by atoms with Crippen molar-refractivity contribution in [3.05, 3.63) is 85.3 Å². The van der Waals surface area contributed by atoms with E-state index in [4.69, 9.17) is 0 Å². The molecule has 10 heteroatoms. The van der Waals surface area contributed by atoms with Crippen LogP contribution in [-0.2, 0) is 6.54 Å². The van der Waals surface area contributed by atoms with Gasteiger partial charge in [-0.25, -0.2) is 13.6 Å². The molecular formula is C17H15F2N5O3. The van der Waals surface area contributed by atoms with Crippen LogP contribution < -0.4 is 5.69 Å². The standard InChI is InChI=1S/C17H15F2N5O3/c1-10-7-12(3-6-16(10)24(26)27)9-22-17(25)23(21-20-22)11(2)14-5-4-13(18)8-15(14)19/h3-8,11H,9H2,1-2H3. The van der Waals surface area contributed by atoms with Gasteiger partial charge in [-0.05, 0) is 42.0 Å². The van der Waals surface area contributed by atoms with Crippen LogP contribution in [0.25, 0.3) is 0 Å². The van der Waals surface area contributed by atoms with E-state index < -0.39 is 28.3 Å². The van der Waals surface area contributed by atoms with Crippen LogP contribution in [0.3, 0.4) is 0 Å². The largest absolute Gasteiger partial charge is 0.364 e. The Bertz CT molecular complexity index is 1080. The molecule has 1 atom stereocenters. The summed E-state index contributed by atoms with van der Waals surface area (Å²) in [7, 11) is 0. The highest BCUT2D eigenvalue weighted by atomic mass is 19.1. The average Bonchev–Trinajstić information content (AvgIpc) is 2.95. The molecule has 0 bridgehead atoms. The Labute approximate surface area is 151 Å². The van der Waals surface area contributed by atoms with E-state index in [1.165, 1.54) is 18.2 Å². The highest BCUT2D eigenvalue weighted by Gasteiger charge is 2.19. The summed E-state index contributed by atoms with van der Waals surface area (Å²) < 4.78 is 29.1. The van der Waals surface area contributed by atoms with Crippen LogP contribution in [0.2, 0.25) is 0 Å². The smallest absolute Gasteiger partial charge is 0.258 e. The minimum atomic E-state index is -0.787. The van der Waals surface area contributed by atoms with Crippen LogP contribution in [-0.4, -0.2) is 24.7 Å². The predicted octanol–water partition coefficient (Wildman–Crippen LogP) is 2.59. The molecule has 0 spiro atoms. The maximum Gasteiger partial charge on any atom is 0.364 e. The summed E-state index contributed by atoms with van der Waals surface area (Å²) in [5.74, 6) is -1.50. The first-order valence-corrected chi connectivity index (χ1v) is 7.99. The van der Waals surface area contributed by atoms with Crippen LogP contribution in [0.4, 0.5) is 14.5 Å². The minimum Gasteiger partial charge on any atom is -0.258 e. The summed E-state index contributed by atoms with van der Waals surface area (Å²) in [6.45, 7) is 3.20. The van der Waals surface area contributed by atoms with E-state index in [1.54, 1.807) is 19.9 Å². The number of nitro groups is 1. The van der Waals surface area contributed by atoms with E-state index in [1.807, 2.05) is 0 Å². The van der Waals surface area contributed by atoms with Gasteiger partial charge in [0.2, 0.25) is 0 Å². The number of aromatic nitrogens is 4. The van der Waals surface area contributed by atoms with Gasteiger partial charge in [0.25, 0.3) is 5.69 Å². The summed E-state index contributed by atoms with van der Waals surface area (Å²) >= 11 is 0. The van der Waals surface area contributed by atoms with Crippen molar-refractivity contribution in [1.82, 2.24) is 19.8 Å². The van der Waals surface area contributed by atoms with Crippen LogP contribution in [0.15, 0.2) is 41.2 Å². The topological polar surface area (TPSA) is 95.8 Å². The average molecular weight is 375 g/mol. The number of aryl methyl sites for hydroxylation is 1. The molecule has 0 radical (unpaired) electrons. The maximum atomic E-state index is 14.0. The van der Waals surface area contributed by atoms with E-state index in [9.17, 15) is 23.7 Å². The van der Waals surface area contributed by atoms with E-state index >= 15 is 0 Å². The third-order valence-corrected chi connectivity index (χ3v) is 4.23. The lowest BCUT2D eigenvalue weighted by atomic mass is 10.1. The van der Waals surface area contributed by atoms with Gasteiger partial charge in [-0.2, -0.15) is 9.36 Å². The van der Waals surface area contributed by atoms with Gasteiger partial charge in [-0.1, -0.05) is 12.1 Å². The van der Waals surface area contributed by atoms with Crippen molar-refractivity contribution in [2.24, 2.45) is 0 Å². The van der Waals surface area contributed by atoms with E-state index in [-0.39, 0.29) is 17.8 Å². The molecule has 0 N–H and O–H groups in total. The van der Waals surface area contributed by atoms with Gasteiger partial charge in [0, 0.05) is 23.3 Å². The van der Waals surface area contributed by atoms with Crippen molar-refractivity contribution in [3.8, 4) is 0 Å². The van der Waals surface area contributed by atoms with Gasteiger partial charge >= 0.3 is 5.69 Å². The predicted molar refractivity (Wildman–Crippen MR) is 91.4 cm³/mol. The van der Waals surface area contributed by atoms with Crippen LogP contribution in [0.5, 0.6) is 0 Å². The molecule has 2 aromatic carbocycles. The van der Waals surface area contributed by atoms with Gasteiger partial charge in [0.05, 0.1) is 17.5 Å². The van der Waals surface area contributed by atoms with Crippen molar-refractivity contribution in [1.29, 1.82) is 0 Å². The first-order valence-electron chi connectivity index (χ1n) is 7.99. The zero-order valence-electron chi connectivity index (χ0n) is 14.5. The van der Waals surface area contributed by atoms with Crippen molar-refractivity contribution >= 4 is 5.69 Å². The lowest BCUT2D eigenvalue weighted by Crippen LogP contribution is -2.28.